The fourth-order valence-electron chi connectivity index (χ4n) is 3.65. The number of aliphatic carboxylic acids is 1. The molecule has 10 N–H and O–H groups in total. The molecule has 0 saturated carbocycles. The molecule has 2 heterocycles. The van der Waals surface area contributed by atoms with E-state index in [1.54, 1.807) is 0 Å². The number of carboxylic acids is 1. The van der Waals surface area contributed by atoms with Crippen LogP contribution in [0.15, 0.2) is 12.5 Å². The first-order valence-corrected chi connectivity index (χ1v) is 11.5. The van der Waals surface area contributed by atoms with Crippen molar-refractivity contribution in [3.8, 4) is 0 Å². The lowest BCUT2D eigenvalue weighted by atomic mass is 10.1. The van der Waals surface area contributed by atoms with E-state index < -0.39 is 59.7 Å². The lowest BCUT2D eigenvalue weighted by molar-refractivity contribution is -0.142. The van der Waals surface area contributed by atoms with Crippen molar-refractivity contribution in [2.45, 2.75) is 69.1 Å². The zero-order valence-electron chi connectivity index (χ0n) is 19.6. The summed E-state index contributed by atoms with van der Waals surface area (Å²) in [5.74, 6) is -4.82. The van der Waals surface area contributed by atoms with Crippen molar-refractivity contribution >= 4 is 35.5 Å². The largest absolute Gasteiger partial charge is 0.480 e. The van der Waals surface area contributed by atoms with Gasteiger partial charge in [-0.1, -0.05) is 0 Å². The molecule has 1 saturated heterocycles. The second-order valence-electron chi connectivity index (χ2n) is 8.46. The SMILES string of the molecule is NC(=O)CCC(NC(=O)C(Cc1cnc[nH]1)NC(=O)C(CCC(N)=O)NC(=O)C1CCCN1)C(=O)O. The van der Waals surface area contributed by atoms with Crippen molar-refractivity contribution in [1.82, 2.24) is 31.2 Å². The van der Waals surface area contributed by atoms with Crippen molar-refractivity contribution in [1.29, 1.82) is 0 Å². The highest BCUT2D eigenvalue weighted by atomic mass is 16.4. The Hall–Kier alpha value is -4.01. The Morgan fingerprint density at radius 2 is 1.58 bits per heavy atom. The number of nitrogens with two attached hydrogens (primary N) is 2. The van der Waals surface area contributed by atoms with E-state index in [0.717, 1.165) is 6.42 Å². The topological polar surface area (TPSA) is 251 Å². The number of carboxylic acid groups (broad SMARTS) is 1. The molecule has 5 amide bonds. The molecule has 1 fully saturated rings. The third-order valence-corrected chi connectivity index (χ3v) is 5.60. The standard InChI is InChI=1S/C21H32N8O7/c22-16(30)5-3-13(27-18(32)12-2-1-7-25-12)19(33)29-15(8-11-9-24-10-26-11)20(34)28-14(21(35)36)4-6-17(23)31/h9-10,12-15,25H,1-8H2,(H2,22,30)(H2,23,31)(H,24,26)(H,27,32)(H,28,34)(H,29,33)(H,35,36). The molecule has 15 nitrogen and oxygen atoms in total. The van der Waals surface area contributed by atoms with E-state index in [4.69, 9.17) is 11.5 Å². The van der Waals surface area contributed by atoms with Crippen LogP contribution in [0.4, 0.5) is 0 Å². The minimum Gasteiger partial charge on any atom is -0.480 e. The first-order chi connectivity index (χ1) is 17.1. The fraction of sp³-hybridized carbons (Fsp3) is 0.571. The van der Waals surface area contributed by atoms with Crippen LogP contribution in [-0.2, 0) is 35.2 Å². The summed E-state index contributed by atoms with van der Waals surface area (Å²) in [6.45, 7) is 0.656. The number of hydrogen-bond donors (Lipinski definition) is 8. The minimum atomic E-state index is -1.43. The van der Waals surface area contributed by atoms with Gasteiger partial charge in [0.15, 0.2) is 0 Å². The number of carbonyl (C=O) groups excluding carboxylic acids is 5. The van der Waals surface area contributed by atoms with Crippen molar-refractivity contribution in [2.24, 2.45) is 11.5 Å². The Bertz CT molecular complexity index is 946. The smallest absolute Gasteiger partial charge is 0.326 e. The van der Waals surface area contributed by atoms with Crippen LogP contribution < -0.4 is 32.7 Å². The van der Waals surface area contributed by atoms with Gasteiger partial charge in [0.1, 0.15) is 18.1 Å². The van der Waals surface area contributed by atoms with Crippen molar-refractivity contribution in [3.63, 3.8) is 0 Å². The molecule has 0 spiro atoms. The van der Waals surface area contributed by atoms with E-state index in [9.17, 15) is 33.9 Å². The highest BCUT2D eigenvalue weighted by molar-refractivity contribution is 5.94. The van der Waals surface area contributed by atoms with E-state index in [1.807, 2.05) is 0 Å². The molecule has 4 unspecified atom stereocenters. The van der Waals surface area contributed by atoms with Gasteiger partial charge in [0, 0.05) is 31.2 Å². The predicted octanol–water partition coefficient (Wildman–Crippen LogP) is -3.23. The molecule has 198 valence electrons. The first kappa shape index (κ1) is 28.2. The van der Waals surface area contributed by atoms with Crippen LogP contribution in [0.3, 0.4) is 0 Å². The Morgan fingerprint density at radius 3 is 2.11 bits per heavy atom. The van der Waals surface area contributed by atoms with Gasteiger partial charge in [-0.3, -0.25) is 24.0 Å². The van der Waals surface area contributed by atoms with Crippen LogP contribution in [0.25, 0.3) is 0 Å². The molecule has 1 aliphatic rings. The van der Waals surface area contributed by atoms with Crippen LogP contribution >= 0.6 is 0 Å². The highest BCUT2D eigenvalue weighted by Crippen LogP contribution is 2.08. The number of amides is 5. The number of carbonyl (C=O) groups is 6. The first-order valence-electron chi connectivity index (χ1n) is 11.5. The molecule has 1 aromatic rings. The van der Waals surface area contributed by atoms with E-state index in [1.165, 1.54) is 12.5 Å². The third-order valence-electron chi connectivity index (χ3n) is 5.60. The van der Waals surface area contributed by atoms with Gasteiger partial charge < -0.3 is 42.8 Å². The summed E-state index contributed by atoms with van der Waals surface area (Å²) in [6.07, 6.45) is 3.27. The van der Waals surface area contributed by atoms with Gasteiger partial charge >= 0.3 is 5.97 Å². The van der Waals surface area contributed by atoms with Gasteiger partial charge in [0.05, 0.1) is 12.4 Å². The number of aromatic nitrogens is 2. The molecule has 1 aromatic heterocycles. The van der Waals surface area contributed by atoms with Gasteiger partial charge in [-0.05, 0) is 32.2 Å². The normalized spacial score (nSPS) is 17.4. The molecule has 0 aromatic carbocycles. The number of nitrogens with one attached hydrogen (secondary N) is 5. The van der Waals surface area contributed by atoms with Crippen LogP contribution in [0.2, 0.25) is 0 Å². The lowest BCUT2D eigenvalue weighted by Crippen LogP contribution is -2.57. The Morgan fingerprint density at radius 1 is 0.972 bits per heavy atom. The van der Waals surface area contributed by atoms with Crippen LogP contribution in [0, 0.1) is 0 Å². The van der Waals surface area contributed by atoms with E-state index >= 15 is 0 Å². The Balaban J connectivity index is 2.16. The summed E-state index contributed by atoms with van der Waals surface area (Å²) >= 11 is 0. The zero-order chi connectivity index (χ0) is 26.7. The maximum Gasteiger partial charge on any atom is 0.326 e. The summed E-state index contributed by atoms with van der Waals surface area (Å²) < 4.78 is 0. The molecule has 15 heteroatoms. The van der Waals surface area contributed by atoms with Gasteiger partial charge in [-0.2, -0.15) is 0 Å². The molecular weight excluding hydrogens is 476 g/mol. The molecule has 1 aliphatic heterocycles. The molecule has 36 heavy (non-hydrogen) atoms. The summed E-state index contributed by atoms with van der Waals surface area (Å²) in [4.78, 5) is 79.2. The van der Waals surface area contributed by atoms with E-state index in [-0.39, 0.29) is 32.1 Å². The monoisotopic (exact) mass is 508 g/mol. The number of hydrogen-bond acceptors (Lipinski definition) is 8. The Labute approximate surface area is 206 Å². The molecule has 2 rings (SSSR count). The van der Waals surface area contributed by atoms with Crippen LogP contribution in [-0.4, -0.2) is 81.3 Å². The number of imidazole rings is 1. The highest BCUT2D eigenvalue weighted by Gasteiger charge is 2.32. The number of primary amides is 2. The molecule has 0 bridgehead atoms. The Kier molecular flexibility index (Phi) is 10.8. The second kappa shape index (κ2) is 13.8. The maximum atomic E-state index is 13.1. The second-order valence-corrected chi connectivity index (χ2v) is 8.46. The number of rotatable bonds is 15. The van der Waals surface area contributed by atoms with Crippen LogP contribution in [0.1, 0.15) is 44.2 Å². The van der Waals surface area contributed by atoms with Crippen molar-refractivity contribution in [2.75, 3.05) is 6.54 Å². The van der Waals surface area contributed by atoms with E-state index in [2.05, 4.69) is 31.2 Å². The predicted molar refractivity (Wildman–Crippen MR) is 124 cm³/mol. The lowest BCUT2D eigenvalue weighted by Gasteiger charge is -2.25. The van der Waals surface area contributed by atoms with Crippen LogP contribution in [0.5, 0.6) is 0 Å². The average molecular weight is 509 g/mol. The summed E-state index contributed by atoms with van der Waals surface area (Å²) in [5.41, 5.74) is 10.7. The molecule has 0 radical (unpaired) electrons. The summed E-state index contributed by atoms with van der Waals surface area (Å²) in [6, 6.07) is -4.36. The summed E-state index contributed by atoms with van der Waals surface area (Å²) in [5, 5.41) is 19.8. The maximum absolute atomic E-state index is 13.1. The number of aromatic amines is 1. The summed E-state index contributed by atoms with van der Waals surface area (Å²) in [7, 11) is 0. The number of nitrogens with zero attached hydrogens (tertiary/aromatic N) is 1. The van der Waals surface area contributed by atoms with Gasteiger partial charge in [0.2, 0.25) is 29.5 Å². The van der Waals surface area contributed by atoms with Crippen molar-refractivity contribution in [3.05, 3.63) is 18.2 Å². The fourth-order valence-corrected chi connectivity index (χ4v) is 3.65. The zero-order valence-corrected chi connectivity index (χ0v) is 19.6. The minimum absolute atomic E-state index is 0.0829. The molecular formula is C21H32N8O7. The van der Waals surface area contributed by atoms with Gasteiger partial charge in [-0.15, -0.1) is 0 Å². The molecule has 0 aliphatic carbocycles. The average Bonchev–Trinajstić information content (AvgIpc) is 3.52. The van der Waals surface area contributed by atoms with E-state index in [0.29, 0.717) is 18.7 Å². The number of H-pyrrole nitrogens is 1. The van der Waals surface area contributed by atoms with Gasteiger partial charge in [-0.25, -0.2) is 9.78 Å². The van der Waals surface area contributed by atoms with Crippen molar-refractivity contribution < 1.29 is 33.9 Å². The third kappa shape index (κ3) is 9.32. The quantitative estimate of drug-likeness (QED) is 0.118. The van der Waals surface area contributed by atoms with Gasteiger partial charge in [0.25, 0.3) is 0 Å². The molecule has 4 atom stereocenters.